The maximum atomic E-state index is 14.6. The molecule has 1 atom stereocenters. The van der Waals surface area contributed by atoms with Gasteiger partial charge in [0, 0.05) is 42.8 Å². The summed E-state index contributed by atoms with van der Waals surface area (Å²) in [5.41, 5.74) is 1.18. The molecule has 1 amide bonds. The fourth-order valence-electron chi connectivity index (χ4n) is 4.57. The second-order valence-electron chi connectivity index (χ2n) is 8.92. The molecule has 2 aliphatic rings. The van der Waals surface area contributed by atoms with Gasteiger partial charge in [-0.15, -0.1) is 11.8 Å². The lowest BCUT2D eigenvalue weighted by Gasteiger charge is -2.36. The Hall–Kier alpha value is -2.04. The van der Waals surface area contributed by atoms with Crippen molar-refractivity contribution in [2.45, 2.75) is 55.5 Å². The smallest absolute Gasteiger partial charge is 0.248 e. The molecule has 1 saturated heterocycles. The van der Waals surface area contributed by atoms with Crippen LogP contribution in [0.25, 0.3) is 11.1 Å². The van der Waals surface area contributed by atoms with Crippen molar-refractivity contribution in [3.63, 3.8) is 0 Å². The second kappa shape index (κ2) is 9.54. The predicted molar refractivity (Wildman–Crippen MR) is 127 cm³/mol. The molecule has 34 heavy (non-hydrogen) atoms. The molecule has 0 radical (unpaired) electrons. The highest BCUT2D eigenvalue weighted by atomic mass is 32.2. The average Bonchev–Trinajstić information content (AvgIpc) is 3.29. The first kappa shape index (κ1) is 25.1. The Kier molecular flexibility index (Phi) is 7.04. The highest BCUT2D eigenvalue weighted by Gasteiger charge is 2.44. The van der Waals surface area contributed by atoms with Crippen molar-refractivity contribution in [2.24, 2.45) is 0 Å². The summed E-state index contributed by atoms with van der Waals surface area (Å²) < 4.78 is 70.4. The summed E-state index contributed by atoms with van der Waals surface area (Å²) in [6.07, 6.45) is -0.216. The normalized spacial score (nSPS) is 21.5. The summed E-state index contributed by atoms with van der Waals surface area (Å²) in [6.45, 7) is 1.79. The number of carbonyl (C=O) groups is 1. The highest BCUT2D eigenvalue weighted by molar-refractivity contribution is 8.00. The van der Waals surface area contributed by atoms with Crippen LogP contribution in [0.4, 0.5) is 13.2 Å². The third-order valence-electron chi connectivity index (χ3n) is 6.59. The quantitative estimate of drug-likeness (QED) is 0.572. The molecule has 1 aliphatic heterocycles. The van der Waals surface area contributed by atoms with Gasteiger partial charge in [0.25, 0.3) is 0 Å². The van der Waals surface area contributed by atoms with Gasteiger partial charge in [-0.1, -0.05) is 29.8 Å². The third kappa shape index (κ3) is 4.85. The number of aryl methyl sites for hydroxylation is 1. The standard InChI is InChI=1S/C24H27F3N2O3S2/c1-16-7-8-22(19(13-16)18-5-3-4-6-20(18)25)34(31,32)29-15-33-14-21(29)23(30)28(2)17-9-11-24(26,27)12-10-17/h3-8,13,17,21H,9-12,14-15H2,1-2H3. The number of benzene rings is 2. The van der Waals surface area contributed by atoms with E-state index >= 15 is 0 Å². The van der Waals surface area contributed by atoms with Crippen LogP contribution in [0.2, 0.25) is 0 Å². The number of rotatable bonds is 5. The number of carbonyl (C=O) groups excluding carboxylic acids is 1. The molecule has 0 spiro atoms. The molecular formula is C24H27F3N2O3S2. The van der Waals surface area contributed by atoms with Gasteiger partial charge in [0.1, 0.15) is 11.9 Å². The van der Waals surface area contributed by atoms with Gasteiger partial charge in [-0.05, 0) is 38.0 Å². The van der Waals surface area contributed by atoms with Gasteiger partial charge in [-0.25, -0.2) is 21.6 Å². The summed E-state index contributed by atoms with van der Waals surface area (Å²) in [5.74, 6) is -3.30. The first-order valence-corrected chi connectivity index (χ1v) is 13.7. The lowest BCUT2D eigenvalue weighted by molar-refractivity contribution is -0.137. The molecule has 5 nitrogen and oxygen atoms in total. The van der Waals surface area contributed by atoms with Gasteiger partial charge < -0.3 is 4.90 Å². The Balaban J connectivity index is 1.64. The van der Waals surface area contributed by atoms with Crippen molar-refractivity contribution in [3.8, 4) is 11.1 Å². The number of hydrogen-bond acceptors (Lipinski definition) is 4. The minimum Gasteiger partial charge on any atom is -0.341 e. The van der Waals surface area contributed by atoms with Crippen molar-refractivity contribution >= 4 is 27.7 Å². The number of likely N-dealkylation sites (N-methyl/N-ethyl adjacent to an activating group) is 1. The molecule has 1 saturated carbocycles. The maximum absolute atomic E-state index is 14.6. The van der Waals surface area contributed by atoms with E-state index in [1.807, 2.05) is 0 Å². The van der Waals surface area contributed by atoms with E-state index in [9.17, 15) is 26.4 Å². The molecule has 184 valence electrons. The molecule has 1 unspecified atom stereocenters. The molecule has 0 bridgehead atoms. The molecule has 1 aliphatic carbocycles. The number of thioether (sulfide) groups is 1. The Bertz CT molecular complexity index is 1180. The van der Waals surface area contributed by atoms with Gasteiger partial charge >= 0.3 is 0 Å². The van der Waals surface area contributed by atoms with E-state index in [4.69, 9.17) is 0 Å². The van der Waals surface area contributed by atoms with E-state index in [0.29, 0.717) is 0 Å². The van der Waals surface area contributed by atoms with Crippen LogP contribution in [-0.2, 0) is 14.8 Å². The lowest BCUT2D eigenvalue weighted by atomic mass is 9.91. The van der Waals surface area contributed by atoms with E-state index in [0.717, 1.165) is 9.87 Å². The zero-order chi connectivity index (χ0) is 24.7. The Morgan fingerprint density at radius 2 is 1.79 bits per heavy atom. The van der Waals surface area contributed by atoms with Crippen molar-refractivity contribution in [1.82, 2.24) is 9.21 Å². The van der Waals surface area contributed by atoms with Crippen molar-refractivity contribution in [1.29, 1.82) is 0 Å². The summed E-state index contributed by atoms with van der Waals surface area (Å²) in [5, 5.41) is 0. The second-order valence-corrected chi connectivity index (χ2v) is 11.8. The van der Waals surface area contributed by atoms with Gasteiger partial charge in [-0.3, -0.25) is 4.79 Å². The van der Waals surface area contributed by atoms with Crippen molar-refractivity contribution < 1.29 is 26.4 Å². The monoisotopic (exact) mass is 512 g/mol. The molecule has 10 heteroatoms. The van der Waals surface area contributed by atoms with E-state index in [1.165, 1.54) is 40.9 Å². The minimum atomic E-state index is -4.15. The Labute approximate surface area is 202 Å². The van der Waals surface area contributed by atoms with E-state index in [2.05, 4.69) is 0 Å². The minimum absolute atomic E-state index is 0.0662. The fourth-order valence-corrected chi connectivity index (χ4v) is 7.89. The molecular weight excluding hydrogens is 485 g/mol. The zero-order valence-corrected chi connectivity index (χ0v) is 20.6. The van der Waals surface area contributed by atoms with Gasteiger partial charge in [0.15, 0.2) is 0 Å². The topological polar surface area (TPSA) is 57.7 Å². The highest BCUT2D eigenvalue weighted by Crippen LogP contribution is 2.38. The summed E-state index contributed by atoms with van der Waals surface area (Å²) >= 11 is 1.32. The number of nitrogens with zero attached hydrogens (tertiary/aromatic N) is 2. The van der Waals surface area contributed by atoms with Crippen LogP contribution in [0.15, 0.2) is 47.4 Å². The Morgan fingerprint density at radius 3 is 2.47 bits per heavy atom. The number of hydrogen-bond donors (Lipinski definition) is 0. The summed E-state index contributed by atoms with van der Waals surface area (Å²) in [6, 6.07) is 9.39. The Morgan fingerprint density at radius 1 is 1.12 bits per heavy atom. The molecule has 2 aromatic carbocycles. The number of alkyl halides is 2. The first-order chi connectivity index (χ1) is 16.0. The molecule has 4 rings (SSSR count). The van der Waals surface area contributed by atoms with Crippen LogP contribution in [0, 0.1) is 12.7 Å². The summed E-state index contributed by atoms with van der Waals surface area (Å²) in [7, 11) is -2.59. The maximum Gasteiger partial charge on any atom is 0.248 e. The molecule has 1 heterocycles. The number of sulfonamides is 1. The van der Waals surface area contributed by atoms with Crippen LogP contribution in [-0.4, -0.2) is 60.2 Å². The van der Waals surface area contributed by atoms with E-state index < -0.39 is 33.7 Å². The van der Waals surface area contributed by atoms with Crippen LogP contribution in [0.5, 0.6) is 0 Å². The van der Waals surface area contributed by atoms with E-state index in [1.54, 1.807) is 32.2 Å². The van der Waals surface area contributed by atoms with Gasteiger partial charge in [-0.2, -0.15) is 4.31 Å². The molecule has 2 aromatic rings. The van der Waals surface area contributed by atoms with Crippen molar-refractivity contribution in [3.05, 3.63) is 53.8 Å². The predicted octanol–water partition coefficient (Wildman–Crippen LogP) is 4.90. The number of halogens is 3. The van der Waals surface area contributed by atoms with Crippen LogP contribution in [0.3, 0.4) is 0 Å². The van der Waals surface area contributed by atoms with Crippen LogP contribution < -0.4 is 0 Å². The van der Waals surface area contributed by atoms with Crippen LogP contribution in [0.1, 0.15) is 31.2 Å². The average molecular weight is 513 g/mol. The molecule has 2 fully saturated rings. The zero-order valence-electron chi connectivity index (χ0n) is 19.0. The van der Waals surface area contributed by atoms with Gasteiger partial charge in [0.05, 0.1) is 10.8 Å². The third-order valence-corrected chi connectivity index (χ3v) is 9.68. The SMILES string of the molecule is Cc1ccc(S(=O)(=O)N2CSCC2C(=O)N(C)C2CCC(F)(F)CC2)c(-c2ccccc2F)c1. The molecule has 0 aromatic heterocycles. The van der Waals surface area contributed by atoms with Crippen LogP contribution >= 0.6 is 11.8 Å². The molecule has 0 N–H and O–H groups in total. The first-order valence-electron chi connectivity index (χ1n) is 11.1. The fraction of sp³-hybridized carbons (Fsp3) is 0.458. The lowest BCUT2D eigenvalue weighted by Crippen LogP contribution is -2.51. The summed E-state index contributed by atoms with van der Waals surface area (Å²) in [4.78, 5) is 14.7. The van der Waals surface area contributed by atoms with E-state index in [-0.39, 0.29) is 59.4 Å². The van der Waals surface area contributed by atoms with Crippen molar-refractivity contribution in [2.75, 3.05) is 18.7 Å². The van der Waals surface area contributed by atoms with Gasteiger partial charge in [0.2, 0.25) is 21.9 Å². The number of amides is 1. The largest absolute Gasteiger partial charge is 0.341 e.